The summed E-state index contributed by atoms with van der Waals surface area (Å²) < 4.78 is 13.2. The van der Waals surface area contributed by atoms with Gasteiger partial charge in [-0.25, -0.2) is 9.18 Å². The van der Waals surface area contributed by atoms with Crippen molar-refractivity contribution < 1.29 is 18.8 Å². The molecule has 2 aliphatic rings. The summed E-state index contributed by atoms with van der Waals surface area (Å²) >= 11 is 0. The van der Waals surface area contributed by atoms with Gasteiger partial charge >= 0.3 is 6.03 Å². The van der Waals surface area contributed by atoms with Crippen molar-refractivity contribution in [2.75, 3.05) is 13.6 Å². The standard InChI is InChI=1S/C18H22FN3O3/c1-12-9-14(19)6-5-13(12)10-21(2)15(23)11-22-16(24)18(20-17(22)25)7-3-4-8-18/h5-6,9H,3-4,7-8,10-11H2,1-2H3,(H,20,25). The molecule has 1 aliphatic carbocycles. The zero-order valence-corrected chi connectivity index (χ0v) is 14.5. The van der Waals surface area contributed by atoms with Crippen LogP contribution in [0.25, 0.3) is 0 Å². The Morgan fingerprint density at radius 1 is 1.32 bits per heavy atom. The predicted octanol–water partition coefficient (Wildman–Crippen LogP) is 1.96. The highest BCUT2D eigenvalue weighted by molar-refractivity contribution is 6.09. The lowest BCUT2D eigenvalue weighted by Gasteiger charge is -2.22. The third-order valence-corrected chi connectivity index (χ3v) is 5.13. The van der Waals surface area contributed by atoms with Gasteiger partial charge in [0.2, 0.25) is 5.91 Å². The molecule has 2 fully saturated rings. The van der Waals surface area contributed by atoms with Crippen molar-refractivity contribution in [1.82, 2.24) is 15.1 Å². The monoisotopic (exact) mass is 347 g/mol. The van der Waals surface area contributed by atoms with Crippen molar-refractivity contribution in [2.45, 2.75) is 44.7 Å². The van der Waals surface area contributed by atoms with Gasteiger partial charge in [0.05, 0.1) is 0 Å². The summed E-state index contributed by atoms with van der Waals surface area (Å²) in [6.07, 6.45) is 3.06. The van der Waals surface area contributed by atoms with E-state index < -0.39 is 11.6 Å². The normalized spacial score (nSPS) is 18.8. The molecule has 6 nitrogen and oxygen atoms in total. The first-order valence-corrected chi connectivity index (χ1v) is 8.45. The number of carbonyl (C=O) groups is 3. The lowest BCUT2D eigenvalue weighted by molar-refractivity contribution is -0.138. The second-order valence-corrected chi connectivity index (χ2v) is 6.93. The van der Waals surface area contributed by atoms with Crippen LogP contribution in [0.2, 0.25) is 0 Å². The number of hydrogen-bond donors (Lipinski definition) is 1. The van der Waals surface area contributed by atoms with Crippen LogP contribution in [0.5, 0.6) is 0 Å². The molecule has 25 heavy (non-hydrogen) atoms. The largest absolute Gasteiger partial charge is 0.340 e. The highest BCUT2D eigenvalue weighted by atomic mass is 19.1. The number of nitrogens with one attached hydrogen (secondary N) is 1. The molecule has 1 heterocycles. The third kappa shape index (κ3) is 3.23. The summed E-state index contributed by atoms with van der Waals surface area (Å²) in [5, 5.41) is 2.76. The molecule has 0 unspecified atom stereocenters. The molecular weight excluding hydrogens is 325 g/mol. The number of amides is 4. The van der Waals surface area contributed by atoms with Crippen molar-refractivity contribution in [3.8, 4) is 0 Å². The first kappa shape index (κ1) is 17.4. The topological polar surface area (TPSA) is 69.7 Å². The van der Waals surface area contributed by atoms with Crippen LogP contribution in [0.1, 0.15) is 36.8 Å². The van der Waals surface area contributed by atoms with Gasteiger partial charge in [-0.15, -0.1) is 0 Å². The molecule has 3 rings (SSSR count). The number of benzene rings is 1. The van der Waals surface area contributed by atoms with Gasteiger partial charge in [0.25, 0.3) is 5.91 Å². The lowest BCUT2D eigenvalue weighted by atomic mass is 9.98. The van der Waals surface area contributed by atoms with Crippen molar-refractivity contribution in [1.29, 1.82) is 0 Å². The van der Waals surface area contributed by atoms with Crippen LogP contribution in [0.4, 0.5) is 9.18 Å². The number of imide groups is 1. The average molecular weight is 347 g/mol. The third-order valence-electron chi connectivity index (χ3n) is 5.13. The Balaban J connectivity index is 1.65. The summed E-state index contributed by atoms with van der Waals surface area (Å²) in [5.74, 6) is -0.951. The molecule has 1 saturated carbocycles. The molecule has 7 heteroatoms. The van der Waals surface area contributed by atoms with Gasteiger partial charge in [0.1, 0.15) is 17.9 Å². The van der Waals surface area contributed by atoms with Gasteiger partial charge in [-0.1, -0.05) is 18.9 Å². The Morgan fingerprint density at radius 2 is 2.00 bits per heavy atom. The molecule has 1 aromatic carbocycles. The number of hydrogen-bond acceptors (Lipinski definition) is 3. The smallest absolute Gasteiger partial charge is 0.325 e. The lowest BCUT2D eigenvalue weighted by Crippen LogP contribution is -2.45. The minimum Gasteiger partial charge on any atom is -0.340 e. The van der Waals surface area contributed by atoms with E-state index in [1.807, 2.05) is 0 Å². The van der Waals surface area contributed by atoms with E-state index in [0.29, 0.717) is 19.4 Å². The minimum atomic E-state index is -0.802. The number of likely N-dealkylation sites (N-methyl/N-ethyl adjacent to an activating group) is 1. The SMILES string of the molecule is Cc1cc(F)ccc1CN(C)C(=O)CN1C(=O)NC2(CCCC2)C1=O. The summed E-state index contributed by atoms with van der Waals surface area (Å²) in [4.78, 5) is 39.6. The first-order valence-electron chi connectivity index (χ1n) is 8.45. The van der Waals surface area contributed by atoms with Crippen molar-refractivity contribution in [3.05, 3.63) is 35.1 Å². The van der Waals surface area contributed by atoms with Crippen LogP contribution < -0.4 is 5.32 Å². The van der Waals surface area contributed by atoms with Gasteiger partial charge in [-0.2, -0.15) is 0 Å². The Hall–Kier alpha value is -2.44. The van der Waals surface area contributed by atoms with E-state index in [9.17, 15) is 18.8 Å². The molecule has 1 aliphatic heterocycles. The van der Waals surface area contributed by atoms with Crippen molar-refractivity contribution >= 4 is 17.8 Å². The maximum atomic E-state index is 13.2. The number of carbonyl (C=O) groups excluding carboxylic acids is 3. The molecule has 0 radical (unpaired) electrons. The summed E-state index contributed by atoms with van der Waals surface area (Å²) in [5.41, 5.74) is 0.769. The van der Waals surface area contributed by atoms with Crippen LogP contribution in [-0.2, 0) is 16.1 Å². The van der Waals surface area contributed by atoms with Crippen LogP contribution >= 0.6 is 0 Å². The van der Waals surface area contributed by atoms with E-state index in [0.717, 1.165) is 28.9 Å². The van der Waals surface area contributed by atoms with E-state index in [1.165, 1.54) is 17.0 Å². The highest BCUT2D eigenvalue weighted by Crippen LogP contribution is 2.34. The molecule has 0 bridgehead atoms. The number of halogens is 1. The number of urea groups is 1. The van der Waals surface area contributed by atoms with Crippen LogP contribution in [-0.4, -0.2) is 46.8 Å². The maximum Gasteiger partial charge on any atom is 0.325 e. The second-order valence-electron chi connectivity index (χ2n) is 6.93. The molecule has 0 atom stereocenters. The first-order chi connectivity index (χ1) is 11.8. The van der Waals surface area contributed by atoms with E-state index in [1.54, 1.807) is 20.0 Å². The quantitative estimate of drug-likeness (QED) is 0.847. The predicted molar refractivity (Wildman–Crippen MR) is 89.1 cm³/mol. The summed E-state index contributed by atoms with van der Waals surface area (Å²) in [6, 6.07) is 3.90. The fourth-order valence-electron chi connectivity index (χ4n) is 3.57. The summed E-state index contributed by atoms with van der Waals surface area (Å²) in [7, 11) is 1.61. The van der Waals surface area contributed by atoms with E-state index in [4.69, 9.17) is 0 Å². The molecular formula is C18H22FN3O3. The zero-order valence-electron chi connectivity index (χ0n) is 14.5. The minimum absolute atomic E-state index is 0.275. The highest BCUT2D eigenvalue weighted by Gasteiger charge is 2.52. The van der Waals surface area contributed by atoms with Gasteiger partial charge in [-0.05, 0) is 43.0 Å². The van der Waals surface area contributed by atoms with E-state index >= 15 is 0 Å². The maximum absolute atomic E-state index is 13.2. The van der Waals surface area contributed by atoms with Gasteiger partial charge in [-0.3, -0.25) is 14.5 Å². The number of aryl methyl sites for hydroxylation is 1. The Kier molecular flexibility index (Phi) is 4.49. The van der Waals surface area contributed by atoms with Gasteiger partial charge < -0.3 is 10.2 Å². The fraction of sp³-hybridized carbons (Fsp3) is 0.500. The summed E-state index contributed by atoms with van der Waals surface area (Å²) in [6.45, 7) is 1.79. The molecule has 1 aromatic rings. The zero-order chi connectivity index (χ0) is 18.2. The molecule has 1 saturated heterocycles. The molecule has 4 amide bonds. The van der Waals surface area contributed by atoms with Gasteiger partial charge in [0, 0.05) is 13.6 Å². The average Bonchev–Trinajstić information content (AvgIpc) is 3.11. The number of nitrogens with zero attached hydrogens (tertiary/aromatic N) is 2. The van der Waals surface area contributed by atoms with Crippen molar-refractivity contribution in [3.63, 3.8) is 0 Å². The Morgan fingerprint density at radius 3 is 2.64 bits per heavy atom. The Bertz CT molecular complexity index is 728. The van der Waals surface area contributed by atoms with Crippen LogP contribution in [0.3, 0.4) is 0 Å². The fourth-order valence-corrected chi connectivity index (χ4v) is 3.57. The van der Waals surface area contributed by atoms with Gasteiger partial charge in [0.15, 0.2) is 0 Å². The Labute approximate surface area is 146 Å². The molecule has 134 valence electrons. The molecule has 0 aromatic heterocycles. The molecule has 1 N–H and O–H groups in total. The van der Waals surface area contributed by atoms with E-state index in [2.05, 4.69) is 5.32 Å². The van der Waals surface area contributed by atoms with E-state index in [-0.39, 0.29) is 24.2 Å². The molecule has 1 spiro atoms. The van der Waals surface area contributed by atoms with Crippen LogP contribution in [0, 0.1) is 12.7 Å². The number of rotatable bonds is 4. The van der Waals surface area contributed by atoms with Crippen LogP contribution in [0.15, 0.2) is 18.2 Å². The second kappa shape index (κ2) is 6.46. The van der Waals surface area contributed by atoms with Crippen molar-refractivity contribution in [2.24, 2.45) is 0 Å².